The molecule has 1 N–H and O–H groups in total. The Morgan fingerprint density at radius 3 is 2.34 bits per heavy atom. The van der Waals surface area contributed by atoms with E-state index in [4.69, 9.17) is 11.6 Å². The fourth-order valence-electron chi connectivity index (χ4n) is 4.03. The van der Waals surface area contributed by atoms with Crippen LogP contribution in [-0.2, 0) is 26.2 Å². The lowest BCUT2D eigenvalue weighted by Crippen LogP contribution is -2.51. The number of rotatable bonds is 11. The van der Waals surface area contributed by atoms with Crippen molar-refractivity contribution in [2.75, 3.05) is 17.4 Å². The number of sulfonamides is 1. The molecule has 38 heavy (non-hydrogen) atoms. The smallest absolute Gasteiger partial charge is 0.264 e. The Hall–Kier alpha value is -3.36. The van der Waals surface area contributed by atoms with Gasteiger partial charge in [-0.3, -0.25) is 13.9 Å². The number of nitrogens with one attached hydrogen (secondary N) is 1. The summed E-state index contributed by atoms with van der Waals surface area (Å²) in [6.45, 7) is 7.33. The van der Waals surface area contributed by atoms with Crippen molar-refractivity contribution in [3.05, 3.63) is 94.5 Å². The number of hydrogen-bond acceptors (Lipinski definition) is 4. The van der Waals surface area contributed by atoms with Crippen LogP contribution in [0, 0.1) is 13.8 Å². The number of amides is 2. The van der Waals surface area contributed by atoms with Crippen LogP contribution in [0.3, 0.4) is 0 Å². The lowest BCUT2D eigenvalue weighted by molar-refractivity contribution is -0.139. The second-order valence-corrected chi connectivity index (χ2v) is 11.5. The molecule has 3 aromatic carbocycles. The van der Waals surface area contributed by atoms with Crippen LogP contribution in [-0.4, -0.2) is 44.3 Å². The second kappa shape index (κ2) is 12.9. The van der Waals surface area contributed by atoms with Crippen molar-refractivity contribution in [3.8, 4) is 0 Å². The van der Waals surface area contributed by atoms with Gasteiger partial charge in [0.05, 0.1) is 10.6 Å². The molecule has 0 aliphatic heterocycles. The van der Waals surface area contributed by atoms with E-state index in [2.05, 4.69) is 5.32 Å². The molecule has 0 aromatic heterocycles. The first-order valence-electron chi connectivity index (χ1n) is 12.5. The molecule has 0 spiro atoms. The maximum absolute atomic E-state index is 13.9. The summed E-state index contributed by atoms with van der Waals surface area (Å²) < 4.78 is 28.9. The minimum absolute atomic E-state index is 0.0730. The molecule has 0 heterocycles. The predicted molar refractivity (Wildman–Crippen MR) is 152 cm³/mol. The van der Waals surface area contributed by atoms with Crippen LogP contribution in [0.2, 0.25) is 5.02 Å². The molecule has 1 atom stereocenters. The van der Waals surface area contributed by atoms with Gasteiger partial charge in [0.15, 0.2) is 0 Å². The average Bonchev–Trinajstić information content (AvgIpc) is 2.90. The zero-order chi connectivity index (χ0) is 27.9. The van der Waals surface area contributed by atoms with Crippen LogP contribution in [0.4, 0.5) is 5.69 Å². The first-order chi connectivity index (χ1) is 18.0. The molecule has 202 valence electrons. The average molecular weight is 556 g/mol. The molecule has 2 amide bonds. The summed E-state index contributed by atoms with van der Waals surface area (Å²) in [6, 6.07) is 19.7. The molecule has 0 aliphatic rings. The number of benzene rings is 3. The Balaban J connectivity index is 2.05. The van der Waals surface area contributed by atoms with E-state index in [1.54, 1.807) is 56.3 Å². The van der Waals surface area contributed by atoms with E-state index in [1.165, 1.54) is 17.0 Å². The number of nitrogens with zero attached hydrogens (tertiary/aromatic N) is 2. The van der Waals surface area contributed by atoms with Gasteiger partial charge < -0.3 is 10.2 Å². The van der Waals surface area contributed by atoms with E-state index >= 15 is 0 Å². The third-order valence-electron chi connectivity index (χ3n) is 6.20. The number of halogens is 1. The molecule has 7 nitrogen and oxygen atoms in total. The van der Waals surface area contributed by atoms with Crippen molar-refractivity contribution in [3.63, 3.8) is 0 Å². The van der Waals surface area contributed by atoms with Gasteiger partial charge in [-0.1, -0.05) is 61.0 Å². The summed E-state index contributed by atoms with van der Waals surface area (Å²) >= 11 is 6.17. The van der Waals surface area contributed by atoms with Crippen LogP contribution < -0.4 is 9.62 Å². The number of carbonyl (C=O) groups excluding carboxylic acids is 2. The van der Waals surface area contributed by atoms with Crippen LogP contribution in [0.5, 0.6) is 0 Å². The highest BCUT2D eigenvalue weighted by Gasteiger charge is 2.33. The summed E-state index contributed by atoms with van der Waals surface area (Å²) in [5.74, 6) is -0.823. The van der Waals surface area contributed by atoms with Crippen LogP contribution in [0.15, 0.2) is 77.7 Å². The van der Waals surface area contributed by atoms with E-state index in [9.17, 15) is 18.0 Å². The van der Waals surface area contributed by atoms with Gasteiger partial charge in [0, 0.05) is 18.1 Å². The summed E-state index contributed by atoms with van der Waals surface area (Å²) in [5, 5.41) is 3.33. The Morgan fingerprint density at radius 2 is 1.68 bits per heavy atom. The lowest BCUT2D eigenvalue weighted by atomic mass is 10.1. The molecule has 0 saturated heterocycles. The molecule has 0 fully saturated rings. The van der Waals surface area contributed by atoms with Crippen LogP contribution in [0.25, 0.3) is 0 Å². The fraction of sp³-hybridized carbons (Fsp3) is 0.310. The Bertz CT molecular complexity index is 1380. The van der Waals surface area contributed by atoms with Crippen molar-refractivity contribution >= 4 is 39.1 Å². The highest BCUT2D eigenvalue weighted by molar-refractivity contribution is 7.92. The molecule has 3 rings (SSSR count). The van der Waals surface area contributed by atoms with Crippen LogP contribution in [0.1, 0.15) is 37.0 Å². The Kier molecular flexibility index (Phi) is 9.94. The van der Waals surface area contributed by atoms with Crippen molar-refractivity contribution in [2.24, 2.45) is 0 Å². The zero-order valence-corrected chi connectivity index (χ0v) is 23.7. The van der Waals surface area contributed by atoms with E-state index in [-0.39, 0.29) is 17.3 Å². The van der Waals surface area contributed by atoms with Gasteiger partial charge in [0.1, 0.15) is 12.6 Å². The van der Waals surface area contributed by atoms with E-state index < -0.39 is 28.5 Å². The number of hydrogen-bond donors (Lipinski definition) is 1. The maximum Gasteiger partial charge on any atom is 0.264 e. The normalized spacial score (nSPS) is 12.0. The molecule has 9 heteroatoms. The van der Waals surface area contributed by atoms with Crippen molar-refractivity contribution < 1.29 is 18.0 Å². The van der Waals surface area contributed by atoms with Crippen molar-refractivity contribution in [2.45, 2.75) is 51.6 Å². The van der Waals surface area contributed by atoms with E-state index in [0.29, 0.717) is 22.8 Å². The SMILES string of the molecule is CCCNC(=O)[C@@H](C)N(Cc1cccc(Cl)c1)C(=O)CN(c1cc(C)ccc1C)S(=O)(=O)c1ccccc1. The van der Waals surface area contributed by atoms with Gasteiger partial charge >= 0.3 is 0 Å². The molecule has 3 aromatic rings. The molecular weight excluding hydrogens is 522 g/mol. The Morgan fingerprint density at radius 1 is 0.974 bits per heavy atom. The predicted octanol–water partition coefficient (Wildman–Crippen LogP) is 5.10. The van der Waals surface area contributed by atoms with E-state index in [1.807, 2.05) is 32.0 Å². The van der Waals surface area contributed by atoms with Gasteiger partial charge in [-0.15, -0.1) is 0 Å². The number of anilines is 1. The lowest BCUT2D eigenvalue weighted by Gasteiger charge is -2.32. The van der Waals surface area contributed by atoms with Gasteiger partial charge in [-0.05, 0) is 74.2 Å². The molecular formula is C29H34ClN3O4S. The molecule has 0 radical (unpaired) electrons. The summed E-state index contributed by atoms with van der Waals surface area (Å²) in [4.78, 5) is 28.3. The topological polar surface area (TPSA) is 86.8 Å². The molecule has 0 bridgehead atoms. The largest absolute Gasteiger partial charge is 0.354 e. The van der Waals surface area contributed by atoms with Gasteiger partial charge in [0.25, 0.3) is 10.0 Å². The van der Waals surface area contributed by atoms with Crippen molar-refractivity contribution in [1.29, 1.82) is 0 Å². The van der Waals surface area contributed by atoms with Crippen molar-refractivity contribution in [1.82, 2.24) is 10.2 Å². The number of aryl methyl sites for hydroxylation is 2. The minimum Gasteiger partial charge on any atom is -0.354 e. The first kappa shape index (κ1) is 29.2. The fourth-order valence-corrected chi connectivity index (χ4v) is 5.74. The monoisotopic (exact) mass is 555 g/mol. The van der Waals surface area contributed by atoms with Crippen LogP contribution >= 0.6 is 11.6 Å². The highest BCUT2D eigenvalue weighted by Crippen LogP contribution is 2.28. The number of carbonyl (C=O) groups is 2. The van der Waals surface area contributed by atoms with Gasteiger partial charge in [-0.25, -0.2) is 8.42 Å². The van der Waals surface area contributed by atoms with E-state index in [0.717, 1.165) is 21.9 Å². The third-order valence-corrected chi connectivity index (χ3v) is 8.21. The van der Waals surface area contributed by atoms with Gasteiger partial charge in [-0.2, -0.15) is 0 Å². The third kappa shape index (κ3) is 7.14. The minimum atomic E-state index is -4.10. The first-order valence-corrected chi connectivity index (χ1v) is 14.3. The highest BCUT2D eigenvalue weighted by atomic mass is 35.5. The molecule has 0 saturated carbocycles. The molecule has 0 unspecified atom stereocenters. The van der Waals surface area contributed by atoms with Gasteiger partial charge in [0.2, 0.25) is 11.8 Å². The standard InChI is InChI=1S/C29H34ClN3O4S/c1-5-16-31-29(35)23(4)32(19-24-10-9-11-25(30)18-24)28(34)20-33(27-17-21(2)14-15-22(27)3)38(36,37)26-12-7-6-8-13-26/h6-15,17-18,23H,5,16,19-20H2,1-4H3,(H,31,35)/t23-/m1/s1. The Labute approximate surface area is 230 Å². The summed E-state index contributed by atoms with van der Waals surface area (Å²) in [6.07, 6.45) is 0.746. The second-order valence-electron chi connectivity index (χ2n) is 9.23. The summed E-state index contributed by atoms with van der Waals surface area (Å²) in [5.41, 5.74) is 2.70. The maximum atomic E-state index is 13.9. The molecule has 0 aliphatic carbocycles. The summed E-state index contributed by atoms with van der Waals surface area (Å²) in [7, 11) is -4.10. The zero-order valence-electron chi connectivity index (χ0n) is 22.1. The quantitative estimate of drug-likeness (QED) is 0.357.